The van der Waals surface area contributed by atoms with Crippen molar-refractivity contribution in [2.45, 2.75) is 38.8 Å². The Balaban J connectivity index is 2.78. The largest absolute Gasteiger partial charge is 0.412 e. The van der Waals surface area contributed by atoms with Gasteiger partial charge in [-0.15, -0.1) is 0 Å². The van der Waals surface area contributed by atoms with E-state index in [4.69, 9.17) is 16.0 Å². The molecular weight excluding hydrogens is 240 g/mol. The van der Waals surface area contributed by atoms with E-state index >= 15 is 0 Å². The van der Waals surface area contributed by atoms with Crippen molar-refractivity contribution in [2.75, 3.05) is 0 Å². The molecule has 0 fully saturated rings. The van der Waals surface area contributed by atoms with Crippen molar-refractivity contribution < 1.29 is 9.53 Å². The molecule has 16 heavy (non-hydrogen) atoms. The van der Waals surface area contributed by atoms with Crippen LogP contribution in [-0.4, -0.2) is 19.5 Å². The number of hydrogen-bond donors (Lipinski definition) is 1. The molecule has 90 valence electrons. The molecule has 0 amide bonds. The van der Waals surface area contributed by atoms with Gasteiger partial charge in [-0.2, -0.15) is 0 Å². The zero-order chi connectivity index (χ0) is 12.3. The summed E-state index contributed by atoms with van der Waals surface area (Å²) in [6.07, 6.45) is -0.896. The van der Waals surface area contributed by atoms with Gasteiger partial charge in [-0.3, -0.25) is 0 Å². The van der Waals surface area contributed by atoms with Gasteiger partial charge in [0.2, 0.25) is 0 Å². The third kappa shape index (κ3) is 3.90. The van der Waals surface area contributed by atoms with Crippen LogP contribution < -0.4 is 0 Å². The Hall–Kier alpha value is -0.353. The summed E-state index contributed by atoms with van der Waals surface area (Å²) in [5.41, 5.74) is 0.731. The molecule has 0 radical (unpaired) electrons. The van der Waals surface area contributed by atoms with Gasteiger partial charge in [-0.1, -0.05) is 29.8 Å². The van der Waals surface area contributed by atoms with Gasteiger partial charge in [-0.05, 0) is 32.6 Å². The van der Waals surface area contributed by atoms with Gasteiger partial charge in [0.05, 0.1) is 6.10 Å². The van der Waals surface area contributed by atoms with Crippen LogP contribution in [0.25, 0.3) is 0 Å². The first-order valence-corrected chi connectivity index (χ1v) is 9.20. The molecule has 2 atom stereocenters. The second kappa shape index (κ2) is 5.32. The Labute approximate surface area is 103 Å². The van der Waals surface area contributed by atoms with Crippen LogP contribution in [0.3, 0.4) is 0 Å². The fraction of sp³-hybridized carbons (Fsp3) is 0.500. The van der Waals surface area contributed by atoms with E-state index in [9.17, 15) is 5.11 Å². The summed E-state index contributed by atoms with van der Waals surface area (Å²) < 4.78 is 5.84. The number of aliphatic hydroxyl groups is 1. The second-order valence-electron chi connectivity index (χ2n) is 4.90. The van der Waals surface area contributed by atoms with Crippen LogP contribution in [-0.2, 0) is 4.43 Å². The molecule has 0 saturated carbocycles. The van der Waals surface area contributed by atoms with E-state index in [0.717, 1.165) is 5.56 Å². The maximum Gasteiger partial charge on any atom is 0.184 e. The zero-order valence-electron chi connectivity index (χ0n) is 10.2. The van der Waals surface area contributed by atoms with Gasteiger partial charge in [0.15, 0.2) is 8.32 Å². The third-order valence-electron chi connectivity index (χ3n) is 2.21. The lowest BCUT2D eigenvalue weighted by atomic mass is 10.1. The highest BCUT2D eigenvalue weighted by Crippen LogP contribution is 2.27. The molecule has 0 aliphatic rings. The molecule has 1 rings (SSSR count). The summed E-state index contributed by atoms with van der Waals surface area (Å²) >= 11 is 6.03. The Morgan fingerprint density at radius 3 is 2.31 bits per heavy atom. The lowest BCUT2D eigenvalue weighted by molar-refractivity contribution is 0.0421. The highest BCUT2D eigenvalue weighted by Gasteiger charge is 2.25. The van der Waals surface area contributed by atoms with E-state index in [2.05, 4.69) is 19.6 Å². The minimum absolute atomic E-state index is 0.230. The van der Waals surface area contributed by atoms with E-state index in [1.54, 1.807) is 6.07 Å². The van der Waals surface area contributed by atoms with Crippen molar-refractivity contribution in [1.82, 2.24) is 0 Å². The number of benzene rings is 1. The molecule has 0 bridgehead atoms. The van der Waals surface area contributed by atoms with Crippen molar-refractivity contribution in [3.05, 3.63) is 34.9 Å². The summed E-state index contributed by atoms with van der Waals surface area (Å²) in [5, 5.41) is 10.7. The molecule has 1 aromatic carbocycles. The molecule has 2 nitrogen and oxygen atoms in total. The topological polar surface area (TPSA) is 29.5 Å². The Bertz CT molecular complexity index is 349. The molecule has 1 N–H and O–H groups in total. The highest BCUT2D eigenvalue weighted by atomic mass is 35.5. The fourth-order valence-electron chi connectivity index (χ4n) is 1.59. The van der Waals surface area contributed by atoms with E-state index in [1.807, 2.05) is 25.1 Å². The van der Waals surface area contributed by atoms with Crippen molar-refractivity contribution in [1.29, 1.82) is 0 Å². The monoisotopic (exact) mass is 258 g/mol. The predicted molar refractivity (Wildman–Crippen MR) is 70.3 cm³/mol. The third-order valence-corrected chi connectivity index (χ3v) is 3.63. The van der Waals surface area contributed by atoms with Crippen molar-refractivity contribution in [3.63, 3.8) is 0 Å². The minimum atomic E-state index is -1.64. The second-order valence-corrected chi connectivity index (χ2v) is 9.77. The van der Waals surface area contributed by atoms with Crippen LogP contribution in [0.2, 0.25) is 24.7 Å². The van der Waals surface area contributed by atoms with Crippen molar-refractivity contribution >= 4 is 19.9 Å². The maximum absolute atomic E-state index is 10.1. The molecule has 0 aliphatic carbocycles. The maximum atomic E-state index is 10.1. The molecule has 0 saturated heterocycles. The van der Waals surface area contributed by atoms with Gasteiger partial charge < -0.3 is 9.53 Å². The average molecular weight is 259 g/mol. The lowest BCUT2D eigenvalue weighted by Crippen LogP contribution is -2.33. The minimum Gasteiger partial charge on any atom is -0.412 e. The first-order valence-electron chi connectivity index (χ1n) is 5.41. The zero-order valence-corrected chi connectivity index (χ0v) is 12.0. The first kappa shape index (κ1) is 13.7. The Kier molecular flexibility index (Phi) is 4.56. The normalized spacial score (nSPS) is 15.9. The quantitative estimate of drug-likeness (QED) is 0.836. The number of aliphatic hydroxyl groups excluding tert-OH is 1. The SMILES string of the molecule is CC(O[Si](C)(C)C)[C@@H](O)c1ccccc1Cl. The molecular formula is C12H19ClO2Si. The van der Waals surface area contributed by atoms with Crippen LogP contribution in [0, 0.1) is 0 Å². The molecule has 0 aliphatic heterocycles. The molecule has 1 aromatic rings. The molecule has 0 aromatic heterocycles. The number of rotatable bonds is 4. The molecule has 0 heterocycles. The summed E-state index contributed by atoms with van der Waals surface area (Å²) in [4.78, 5) is 0. The summed E-state index contributed by atoms with van der Waals surface area (Å²) in [5.74, 6) is 0. The van der Waals surface area contributed by atoms with Crippen LogP contribution in [0.15, 0.2) is 24.3 Å². The van der Waals surface area contributed by atoms with E-state index < -0.39 is 14.4 Å². The van der Waals surface area contributed by atoms with E-state index in [1.165, 1.54) is 0 Å². The Morgan fingerprint density at radius 1 is 1.25 bits per heavy atom. The van der Waals surface area contributed by atoms with Crippen molar-refractivity contribution in [3.8, 4) is 0 Å². The van der Waals surface area contributed by atoms with Gasteiger partial charge in [0.1, 0.15) is 6.10 Å². The van der Waals surface area contributed by atoms with Crippen LogP contribution in [0.1, 0.15) is 18.6 Å². The van der Waals surface area contributed by atoms with Crippen LogP contribution >= 0.6 is 11.6 Å². The Morgan fingerprint density at radius 2 is 1.81 bits per heavy atom. The fourth-order valence-corrected chi connectivity index (χ4v) is 3.08. The van der Waals surface area contributed by atoms with Gasteiger partial charge in [0, 0.05) is 10.6 Å². The average Bonchev–Trinajstić information content (AvgIpc) is 2.15. The van der Waals surface area contributed by atoms with E-state index in [-0.39, 0.29) is 6.10 Å². The molecule has 4 heteroatoms. The molecule has 1 unspecified atom stereocenters. The van der Waals surface area contributed by atoms with Crippen LogP contribution in [0.4, 0.5) is 0 Å². The molecule has 0 spiro atoms. The van der Waals surface area contributed by atoms with Gasteiger partial charge in [0.25, 0.3) is 0 Å². The summed E-state index contributed by atoms with van der Waals surface area (Å²) in [7, 11) is -1.64. The van der Waals surface area contributed by atoms with Crippen LogP contribution in [0.5, 0.6) is 0 Å². The summed E-state index contributed by atoms with van der Waals surface area (Å²) in [6.45, 7) is 8.18. The highest BCUT2D eigenvalue weighted by molar-refractivity contribution is 6.69. The summed E-state index contributed by atoms with van der Waals surface area (Å²) in [6, 6.07) is 7.33. The van der Waals surface area contributed by atoms with Gasteiger partial charge >= 0.3 is 0 Å². The van der Waals surface area contributed by atoms with Gasteiger partial charge in [-0.25, -0.2) is 0 Å². The number of hydrogen-bond acceptors (Lipinski definition) is 2. The predicted octanol–water partition coefficient (Wildman–Crippen LogP) is 3.61. The lowest BCUT2D eigenvalue weighted by Gasteiger charge is -2.27. The standard InChI is InChI=1S/C12H19ClO2Si/c1-9(15-16(2,3)4)12(14)10-7-5-6-8-11(10)13/h5-9,12,14H,1-4H3/t9?,12-/m1/s1. The first-order chi connectivity index (χ1) is 7.31. The van der Waals surface area contributed by atoms with E-state index in [0.29, 0.717) is 5.02 Å². The smallest absolute Gasteiger partial charge is 0.184 e. The van der Waals surface area contributed by atoms with Crippen molar-refractivity contribution in [2.24, 2.45) is 0 Å². The number of halogens is 1.